The van der Waals surface area contributed by atoms with Crippen LogP contribution in [-0.2, 0) is 21.7 Å². The molecule has 0 fully saturated rings. The molecule has 0 radical (unpaired) electrons. The Labute approximate surface area is 429 Å². The van der Waals surface area contributed by atoms with Gasteiger partial charge in [0.05, 0.1) is 0 Å². The Kier molecular flexibility index (Phi) is 11.3. The first kappa shape index (κ1) is 46.8. The van der Waals surface area contributed by atoms with Crippen LogP contribution in [0, 0.1) is 0 Å². The van der Waals surface area contributed by atoms with Crippen molar-refractivity contribution >= 4 is 97.3 Å². The minimum atomic E-state index is 0.0260. The first-order valence-electron chi connectivity index (χ1n) is 25.5. The molecule has 0 unspecified atom stereocenters. The van der Waals surface area contributed by atoms with Crippen LogP contribution in [0.5, 0.6) is 0 Å². The van der Waals surface area contributed by atoms with Crippen LogP contribution < -0.4 is 30.0 Å². The Morgan fingerprint density at radius 1 is 0.408 bits per heavy atom. The van der Waals surface area contributed by atoms with Gasteiger partial charge in [-0.2, -0.15) is 0 Å². The zero-order valence-electron chi connectivity index (χ0n) is 43.6. The summed E-state index contributed by atoms with van der Waals surface area (Å²) in [5.41, 5.74) is 21.6. The van der Waals surface area contributed by atoms with Crippen molar-refractivity contribution in [1.82, 2.24) is 0 Å². The van der Waals surface area contributed by atoms with Gasteiger partial charge in [0, 0.05) is 0 Å². The maximum absolute atomic E-state index is 2.62. The second-order valence-electron chi connectivity index (χ2n) is 23.9. The molecule has 9 aromatic rings. The number of nitrogens with zero attached hydrogens (tertiary/aromatic N) is 3. The topological polar surface area (TPSA) is 9.72 Å². The van der Waals surface area contributed by atoms with Crippen molar-refractivity contribution in [2.24, 2.45) is 0 Å². The first-order valence-corrected chi connectivity index (χ1v) is 27.2. The quantitative estimate of drug-likeness (QED) is 0.154. The summed E-state index contributed by atoms with van der Waals surface area (Å²) >= 11 is 0.0261. The fraction of sp³-hybridized carbons (Fsp3) is 0.242. The molecule has 0 saturated carbocycles. The summed E-state index contributed by atoms with van der Waals surface area (Å²) in [4.78, 5) is 7.65. The first-order chi connectivity index (χ1) is 33.8. The number of fused-ring (bicyclic) bond motifs is 6. The van der Waals surface area contributed by atoms with Gasteiger partial charge in [0.25, 0.3) is 0 Å². The Balaban J connectivity index is 1.19. The third-order valence-electron chi connectivity index (χ3n) is 14.9. The third kappa shape index (κ3) is 8.26. The van der Waals surface area contributed by atoms with E-state index in [9.17, 15) is 0 Å². The summed E-state index contributed by atoms with van der Waals surface area (Å²) in [6, 6.07) is 69.7. The van der Waals surface area contributed by atoms with E-state index in [-0.39, 0.29) is 42.9 Å². The van der Waals surface area contributed by atoms with Crippen molar-refractivity contribution in [2.75, 3.05) is 14.7 Å². The molecular weight excluding hydrogens is 925 g/mol. The van der Waals surface area contributed by atoms with Crippen LogP contribution in [0.2, 0.25) is 0 Å². The van der Waals surface area contributed by atoms with Gasteiger partial charge in [-0.25, -0.2) is 0 Å². The Bertz CT molecular complexity index is 3370. The van der Waals surface area contributed by atoms with E-state index in [0.717, 1.165) is 22.7 Å². The molecule has 3 heterocycles. The Morgan fingerprint density at radius 2 is 0.859 bits per heavy atom. The van der Waals surface area contributed by atoms with Gasteiger partial charge in [-0.05, 0) is 0 Å². The summed E-state index contributed by atoms with van der Waals surface area (Å²) in [7, 11) is 0. The molecule has 11 rings (SSSR count). The number of hydrogen-bond donors (Lipinski definition) is 0. The zero-order valence-corrected chi connectivity index (χ0v) is 45.4. The molecule has 1 aromatic heterocycles. The molecule has 0 N–H and O–H groups in total. The molecule has 2 aliphatic heterocycles. The van der Waals surface area contributed by atoms with Crippen LogP contribution in [0.1, 0.15) is 105 Å². The van der Waals surface area contributed by atoms with Crippen molar-refractivity contribution < 1.29 is 0 Å². The van der Waals surface area contributed by atoms with E-state index >= 15 is 0 Å². The summed E-state index contributed by atoms with van der Waals surface area (Å²) < 4.78 is 2.98. The van der Waals surface area contributed by atoms with E-state index in [4.69, 9.17) is 0 Å². The van der Waals surface area contributed by atoms with Crippen LogP contribution in [0.15, 0.2) is 182 Å². The molecule has 354 valence electrons. The van der Waals surface area contributed by atoms with Gasteiger partial charge in [0.1, 0.15) is 0 Å². The van der Waals surface area contributed by atoms with Gasteiger partial charge in [0.15, 0.2) is 0 Å². The molecule has 71 heavy (non-hydrogen) atoms. The van der Waals surface area contributed by atoms with Gasteiger partial charge in [0.2, 0.25) is 0 Å². The number of benzene rings is 8. The van der Waals surface area contributed by atoms with Crippen molar-refractivity contribution in [3.8, 4) is 11.1 Å². The van der Waals surface area contributed by atoms with Gasteiger partial charge in [-0.3, -0.25) is 0 Å². The van der Waals surface area contributed by atoms with Gasteiger partial charge >= 0.3 is 391 Å². The van der Waals surface area contributed by atoms with Crippen LogP contribution in [0.4, 0.5) is 51.2 Å². The Morgan fingerprint density at radius 3 is 1.37 bits per heavy atom. The molecule has 0 aliphatic carbocycles. The second kappa shape index (κ2) is 17.1. The minimum absolute atomic E-state index is 0.0260. The number of anilines is 9. The number of rotatable bonds is 6. The van der Waals surface area contributed by atoms with Crippen LogP contribution in [0.3, 0.4) is 0 Å². The fourth-order valence-electron chi connectivity index (χ4n) is 10.8. The average Bonchev–Trinajstić information content (AvgIpc) is 3.73. The molecule has 0 atom stereocenters. The summed E-state index contributed by atoms with van der Waals surface area (Å²) in [5, 5.41) is 1.35. The maximum atomic E-state index is 2.62. The van der Waals surface area contributed by atoms with Gasteiger partial charge in [-0.1, -0.05) is 41.5 Å². The number of hydrogen-bond acceptors (Lipinski definition) is 3. The van der Waals surface area contributed by atoms with Crippen molar-refractivity contribution in [3.05, 3.63) is 204 Å². The molecule has 8 aromatic carbocycles. The molecule has 5 heteroatoms. The second-order valence-corrected chi connectivity index (χ2v) is 26.2. The standard InChI is InChI=1S/C66H66BN3Se/c1-63(2,3)44-24-32-48(33-25-44)68(49-34-26-45(27-35-49)64(4,5)6)52-40-41-55-58(42-52)69(50-36-28-46(29-37-50)65(7,8)9)56-22-17-23-57-59(56)67(55)62-60(70(57)51-38-30-47(31-39-51)66(10,11)12)54-21-16-20-53(61(54)71-62)43-18-14-13-15-19-43/h13-42H,1-12H3. The summed E-state index contributed by atoms with van der Waals surface area (Å²) in [5.74, 6) is 0. The van der Waals surface area contributed by atoms with E-state index in [2.05, 4.69) is 280 Å². The zero-order chi connectivity index (χ0) is 49.8. The van der Waals surface area contributed by atoms with Crippen LogP contribution in [-0.4, -0.2) is 21.2 Å². The van der Waals surface area contributed by atoms with Crippen molar-refractivity contribution in [2.45, 2.75) is 105 Å². The monoisotopic (exact) mass is 991 g/mol. The SMILES string of the molecule is CC(C)(C)c1ccc(N(c2ccc(C(C)(C)C)cc2)c2ccc3c(c2)N(c2ccc(C(C)(C)C)cc2)c2cccc4c2B3c2[se]c3c(-c5ccccc5)cccc3c2N4c2ccc(C(C)(C)C)cc2)cc1. The van der Waals surface area contributed by atoms with E-state index in [0.29, 0.717) is 0 Å². The molecule has 0 amide bonds. The van der Waals surface area contributed by atoms with Crippen molar-refractivity contribution in [1.29, 1.82) is 0 Å². The van der Waals surface area contributed by atoms with Crippen LogP contribution >= 0.6 is 0 Å². The van der Waals surface area contributed by atoms with Gasteiger partial charge < -0.3 is 0 Å². The molecular formula is C66H66BN3Se. The predicted molar refractivity (Wildman–Crippen MR) is 310 cm³/mol. The van der Waals surface area contributed by atoms with Crippen molar-refractivity contribution in [3.63, 3.8) is 0 Å². The summed E-state index contributed by atoms with van der Waals surface area (Å²) in [6.45, 7) is 27.6. The van der Waals surface area contributed by atoms with E-state index in [1.165, 1.54) is 86.7 Å². The van der Waals surface area contributed by atoms with E-state index in [1.807, 2.05) is 0 Å². The fourth-order valence-corrected chi connectivity index (χ4v) is 13.9. The Hall–Kier alpha value is -6.52. The molecule has 0 bridgehead atoms. The average molecular weight is 991 g/mol. The molecule has 0 saturated heterocycles. The van der Waals surface area contributed by atoms with Gasteiger partial charge in [-0.15, -0.1) is 0 Å². The predicted octanol–water partition coefficient (Wildman–Crippen LogP) is 16.3. The molecule has 0 spiro atoms. The molecule has 2 aliphatic rings. The molecule has 3 nitrogen and oxygen atoms in total. The normalized spacial score (nSPS) is 13.5. The third-order valence-corrected chi connectivity index (χ3v) is 17.6. The summed E-state index contributed by atoms with van der Waals surface area (Å²) in [6.07, 6.45) is 0. The van der Waals surface area contributed by atoms with E-state index < -0.39 is 0 Å². The van der Waals surface area contributed by atoms with E-state index in [1.54, 1.807) is 0 Å². The van der Waals surface area contributed by atoms with Crippen LogP contribution in [0.25, 0.3) is 20.8 Å².